The van der Waals surface area contributed by atoms with Crippen LogP contribution >= 0.6 is 0 Å². The van der Waals surface area contributed by atoms with Gasteiger partial charge in [-0.1, -0.05) is 110 Å². The van der Waals surface area contributed by atoms with Gasteiger partial charge in [0.25, 0.3) is 0 Å². The van der Waals surface area contributed by atoms with E-state index in [1.54, 1.807) is 0 Å². The molecule has 0 aliphatic heterocycles. The normalized spacial score (nSPS) is 16.8. The van der Waals surface area contributed by atoms with Crippen LogP contribution in [0.15, 0.2) is 36.5 Å². The molecular formula is C24H44. The minimum Gasteiger partial charge on any atom is -0.0956 e. The van der Waals surface area contributed by atoms with Crippen LogP contribution in [0.1, 0.15) is 92.9 Å². The summed E-state index contributed by atoms with van der Waals surface area (Å²) >= 11 is 0. The summed E-state index contributed by atoms with van der Waals surface area (Å²) in [4.78, 5) is 0. The van der Waals surface area contributed by atoms with Crippen molar-refractivity contribution in [1.82, 2.24) is 0 Å². The second kappa shape index (κ2) is 13.5. The minimum atomic E-state index is 0.570. The molecule has 0 aliphatic rings. The summed E-state index contributed by atoms with van der Waals surface area (Å²) in [5.41, 5.74) is 2.51. The van der Waals surface area contributed by atoms with Crippen LogP contribution in [0.25, 0.3) is 0 Å². The molecule has 4 unspecified atom stereocenters. The van der Waals surface area contributed by atoms with Crippen molar-refractivity contribution in [2.24, 2.45) is 23.7 Å². The molecule has 0 aromatic rings. The van der Waals surface area contributed by atoms with Crippen molar-refractivity contribution in [2.45, 2.75) is 92.9 Å². The Balaban J connectivity index is 4.22. The zero-order valence-electron chi connectivity index (χ0n) is 17.5. The average Bonchev–Trinajstić information content (AvgIpc) is 2.58. The molecule has 0 rings (SSSR count). The van der Waals surface area contributed by atoms with E-state index in [4.69, 9.17) is 0 Å². The van der Waals surface area contributed by atoms with Crippen molar-refractivity contribution < 1.29 is 0 Å². The highest BCUT2D eigenvalue weighted by molar-refractivity contribution is 5.26. The molecule has 0 fully saturated rings. The first kappa shape index (κ1) is 23.2. The highest BCUT2D eigenvalue weighted by Crippen LogP contribution is 2.26. The topological polar surface area (TPSA) is 0 Å². The van der Waals surface area contributed by atoms with Gasteiger partial charge in [-0.3, -0.25) is 0 Å². The molecule has 0 heterocycles. The number of hydrogen-bond donors (Lipinski definition) is 0. The minimum absolute atomic E-state index is 0.570. The van der Waals surface area contributed by atoms with E-state index in [0.29, 0.717) is 11.8 Å². The maximum Gasteiger partial charge on any atom is -0.0196 e. The summed E-state index contributed by atoms with van der Waals surface area (Å²) in [5, 5.41) is 0. The van der Waals surface area contributed by atoms with Crippen molar-refractivity contribution in [3.63, 3.8) is 0 Å². The zero-order valence-corrected chi connectivity index (χ0v) is 17.5. The molecule has 0 radical (unpaired) electrons. The van der Waals surface area contributed by atoms with Crippen molar-refractivity contribution in [2.75, 3.05) is 0 Å². The van der Waals surface area contributed by atoms with Crippen molar-refractivity contribution in [1.29, 1.82) is 0 Å². The number of unbranched alkanes of at least 4 members (excludes halogenated alkanes) is 2. The van der Waals surface area contributed by atoms with Gasteiger partial charge in [0.05, 0.1) is 0 Å². The van der Waals surface area contributed by atoms with Crippen LogP contribution in [0.3, 0.4) is 0 Å². The molecule has 0 nitrogen and oxygen atoms in total. The van der Waals surface area contributed by atoms with E-state index in [-0.39, 0.29) is 0 Å². The fourth-order valence-electron chi connectivity index (χ4n) is 3.03. The molecule has 0 N–H and O–H groups in total. The summed E-state index contributed by atoms with van der Waals surface area (Å²) < 4.78 is 0. The smallest absolute Gasteiger partial charge is 0.0196 e. The second-order valence-electron chi connectivity index (χ2n) is 8.10. The molecule has 0 bridgehead atoms. The Kier molecular flexibility index (Phi) is 13.1. The first-order valence-electron chi connectivity index (χ1n) is 10.4. The third-order valence-corrected chi connectivity index (χ3v) is 5.81. The maximum absolute atomic E-state index is 4.29. The highest BCUT2D eigenvalue weighted by atomic mass is 14.2. The quantitative estimate of drug-likeness (QED) is 0.280. The van der Waals surface area contributed by atoms with Gasteiger partial charge in [0.2, 0.25) is 0 Å². The van der Waals surface area contributed by atoms with Gasteiger partial charge in [-0.15, -0.1) is 0 Å². The van der Waals surface area contributed by atoms with E-state index < -0.39 is 0 Å². The lowest BCUT2D eigenvalue weighted by Crippen LogP contribution is -2.10. The largest absolute Gasteiger partial charge is 0.0956 e. The molecule has 0 aromatic heterocycles. The SMILES string of the molecule is C=C(/C=C\C(=C)C(C)CCC(C)C(C)CCCC)C(C)CCCC. The maximum atomic E-state index is 4.29. The molecule has 0 heteroatoms. The first-order valence-corrected chi connectivity index (χ1v) is 10.4. The van der Waals surface area contributed by atoms with E-state index in [9.17, 15) is 0 Å². The molecule has 0 aromatic carbocycles. The fraction of sp³-hybridized carbons (Fsp3) is 0.750. The van der Waals surface area contributed by atoms with Crippen LogP contribution < -0.4 is 0 Å². The molecule has 0 saturated carbocycles. The molecular weight excluding hydrogens is 288 g/mol. The molecule has 0 aliphatic carbocycles. The summed E-state index contributed by atoms with van der Waals surface area (Å²) in [6, 6.07) is 0. The van der Waals surface area contributed by atoms with E-state index in [0.717, 1.165) is 11.8 Å². The third kappa shape index (κ3) is 10.2. The summed E-state index contributed by atoms with van der Waals surface area (Å²) in [5.74, 6) is 2.82. The Labute approximate surface area is 153 Å². The van der Waals surface area contributed by atoms with E-state index in [1.807, 2.05) is 0 Å². The fourth-order valence-corrected chi connectivity index (χ4v) is 3.03. The van der Waals surface area contributed by atoms with Gasteiger partial charge in [-0.25, -0.2) is 0 Å². The molecule has 140 valence electrons. The predicted octanol–water partition coefficient (Wildman–Crippen LogP) is 8.36. The Hall–Kier alpha value is -0.780. The lowest BCUT2D eigenvalue weighted by Gasteiger charge is -2.22. The van der Waals surface area contributed by atoms with Crippen LogP contribution in [0.4, 0.5) is 0 Å². The lowest BCUT2D eigenvalue weighted by molar-refractivity contribution is 0.318. The zero-order chi connectivity index (χ0) is 18.5. The van der Waals surface area contributed by atoms with Gasteiger partial charge < -0.3 is 0 Å². The van der Waals surface area contributed by atoms with Crippen LogP contribution in [-0.2, 0) is 0 Å². The van der Waals surface area contributed by atoms with Crippen LogP contribution in [0.2, 0.25) is 0 Å². The van der Waals surface area contributed by atoms with Gasteiger partial charge in [0.1, 0.15) is 0 Å². The van der Waals surface area contributed by atoms with Crippen LogP contribution in [0, 0.1) is 23.7 Å². The summed E-state index contributed by atoms with van der Waals surface area (Å²) in [6.07, 6.45) is 14.8. The number of allylic oxidation sites excluding steroid dienone is 4. The number of hydrogen-bond acceptors (Lipinski definition) is 0. The van der Waals surface area contributed by atoms with Gasteiger partial charge in [0.15, 0.2) is 0 Å². The Morgan fingerprint density at radius 2 is 1.08 bits per heavy atom. The van der Waals surface area contributed by atoms with E-state index >= 15 is 0 Å². The summed E-state index contributed by atoms with van der Waals surface area (Å²) in [6.45, 7) is 22.5. The molecule has 0 saturated heterocycles. The number of rotatable bonds is 14. The summed E-state index contributed by atoms with van der Waals surface area (Å²) in [7, 11) is 0. The molecule has 24 heavy (non-hydrogen) atoms. The van der Waals surface area contributed by atoms with Crippen molar-refractivity contribution in [3.05, 3.63) is 36.5 Å². The Morgan fingerprint density at radius 1 is 0.667 bits per heavy atom. The Morgan fingerprint density at radius 3 is 1.58 bits per heavy atom. The molecule has 4 atom stereocenters. The van der Waals surface area contributed by atoms with Gasteiger partial charge >= 0.3 is 0 Å². The predicted molar refractivity (Wildman–Crippen MR) is 112 cm³/mol. The standard InChI is InChI=1S/C24H44/c1-9-11-13-19(3)21(5)15-17-23(7)24(8)18-16-22(6)20(4)14-12-10-2/h15,17,19-20,22,24H,5,7,9-14,16,18H2,1-4,6,8H3/b17-15-. The monoisotopic (exact) mass is 332 g/mol. The Bertz CT molecular complexity index is 373. The molecule has 0 spiro atoms. The third-order valence-electron chi connectivity index (χ3n) is 5.81. The van der Waals surface area contributed by atoms with Crippen molar-refractivity contribution >= 4 is 0 Å². The second-order valence-corrected chi connectivity index (χ2v) is 8.10. The highest BCUT2D eigenvalue weighted by Gasteiger charge is 2.14. The molecule has 0 amide bonds. The van der Waals surface area contributed by atoms with Gasteiger partial charge in [-0.2, -0.15) is 0 Å². The van der Waals surface area contributed by atoms with E-state index in [1.165, 1.54) is 62.5 Å². The van der Waals surface area contributed by atoms with Crippen molar-refractivity contribution in [3.8, 4) is 0 Å². The van der Waals surface area contributed by atoms with E-state index in [2.05, 4.69) is 66.9 Å². The lowest BCUT2D eigenvalue weighted by atomic mass is 9.84. The first-order chi connectivity index (χ1) is 11.3. The average molecular weight is 333 g/mol. The van der Waals surface area contributed by atoms with Crippen LogP contribution in [0.5, 0.6) is 0 Å². The van der Waals surface area contributed by atoms with Gasteiger partial charge in [0, 0.05) is 0 Å². The van der Waals surface area contributed by atoms with Crippen LogP contribution in [-0.4, -0.2) is 0 Å². The van der Waals surface area contributed by atoms with Gasteiger partial charge in [-0.05, 0) is 42.9 Å².